The Balaban J connectivity index is 1.87. The van der Waals surface area contributed by atoms with Gasteiger partial charge in [0.05, 0.1) is 5.56 Å². The first-order chi connectivity index (χ1) is 17.2. The lowest BCUT2D eigenvalue weighted by atomic mass is 9.81. The average molecular weight is 523 g/mol. The lowest BCUT2D eigenvalue weighted by Crippen LogP contribution is -2.64. The van der Waals surface area contributed by atoms with Gasteiger partial charge in [0.25, 0.3) is 5.91 Å². The maximum Gasteiger partial charge on any atom is 0.491 e. The molecule has 0 spiro atoms. The number of hydrogen-bond acceptors (Lipinski definition) is 5. The van der Waals surface area contributed by atoms with Gasteiger partial charge in [-0.25, -0.2) is 10.1 Å². The molecule has 1 fully saturated rings. The molecule has 1 saturated heterocycles. The molecule has 3 aromatic carbocycles. The highest BCUT2D eigenvalue weighted by Crippen LogP contribution is 2.41. The van der Waals surface area contributed by atoms with Gasteiger partial charge in [-0.05, 0) is 40.5 Å². The van der Waals surface area contributed by atoms with E-state index >= 15 is 0 Å². The van der Waals surface area contributed by atoms with E-state index in [9.17, 15) is 35.9 Å². The second kappa shape index (κ2) is 8.89. The fourth-order valence-electron chi connectivity index (χ4n) is 4.15. The summed E-state index contributed by atoms with van der Waals surface area (Å²) in [6.45, 7) is 0. The number of carbonyl (C=O) groups excluding carboxylic acids is 2. The molecule has 6 nitrogen and oxygen atoms in total. The fourth-order valence-corrected chi connectivity index (χ4v) is 4.15. The zero-order chi connectivity index (χ0) is 27.2. The van der Waals surface area contributed by atoms with Crippen LogP contribution in [0.15, 0.2) is 78.9 Å². The molecule has 3 aromatic rings. The second-order valence-electron chi connectivity index (χ2n) is 8.35. The first-order valence-electron chi connectivity index (χ1n) is 10.7. The summed E-state index contributed by atoms with van der Waals surface area (Å²) in [5.74, 6) is -6.19. The van der Waals surface area contributed by atoms with Crippen LogP contribution in [0, 0.1) is 0 Å². The molecule has 3 N–H and O–H groups in total. The normalized spacial score (nSPS) is 22.3. The number of ether oxygens (including phenoxy) is 1. The van der Waals surface area contributed by atoms with Gasteiger partial charge in [0.1, 0.15) is 0 Å². The van der Waals surface area contributed by atoms with Crippen LogP contribution in [0.3, 0.4) is 0 Å². The average Bonchev–Trinajstić information content (AvgIpc) is 3.05. The van der Waals surface area contributed by atoms with Gasteiger partial charge in [-0.15, -0.1) is 0 Å². The van der Waals surface area contributed by atoms with Gasteiger partial charge in [0, 0.05) is 7.05 Å². The van der Waals surface area contributed by atoms with Crippen LogP contribution in [0.25, 0.3) is 11.1 Å². The van der Waals surface area contributed by atoms with E-state index in [1.54, 1.807) is 18.2 Å². The van der Waals surface area contributed by atoms with Crippen LogP contribution in [0.5, 0.6) is 0 Å². The monoisotopic (exact) mass is 523 g/mol. The Kier molecular flexibility index (Phi) is 6.29. The molecule has 194 valence electrons. The molecule has 0 aliphatic carbocycles. The van der Waals surface area contributed by atoms with Gasteiger partial charge in [0.2, 0.25) is 0 Å². The maximum atomic E-state index is 13.7. The number of nitrogens with two attached hydrogens (primary N) is 1. The number of carbonyl (C=O) groups is 2. The molecule has 2 atom stereocenters. The van der Waals surface area contributed by atoms with Crippen LogP contribution >= 0.6 is 0 Å². The highest BCUT2D eigenvalue weighted by Gasteiger charge is 2.62. The molecule has 2 unspecified atom stereocenters. The minimum atomic E-state index is -5.39. The van der Waals surface area contributed by atoms with Gasteiger partial charge in [0.15, 0.2) is 5.54 Å². The van der Waals surface area contributed by atoms with Crippen molar-refractivity contribution < 1.29 is 40.7 Å². The molecular formula is C25H19F6N3O3. The number of alkyl halides is 6. The van der Waals surface area contributed by atoms with E-state index in [-0.39, 0.29) is 22.3 Å². The van der Waals surface area contributed by atoms with Crippen molar-refractivity contribution in [2.24, 2.45) is 5.73 Å². The molecule has 0 saturated carbocycles. The third kappa shape index (κ3) is 4.65. The van der Waals surface area contributed by atoms with Crippen molar-refractivity contribution in [2.45, 2.75) is 23.9 Å². The summed E-state index contributed by atoms with van der Waals surface area (Å²) in [6, 6.07) is 18.2. The van der Waals surface area contributed by atoms with Crippen molar-refractivity contribution >= 4 is 11.9 Å². The molecular weight excluding hydrogens is 504 g/mol. The summed E-state index contributed by atoms with van der Waals surface area (Å²) in [5, 5.41) is 2.56. The quantitative estimate of drug-likeness (QED) is 0.302. The van der Waals surface area contributed by atoms with Crippen molar-refractivity contribution in [3.63, 3.8) is 0 Å². The number of nitrogens with zero attached hydrogens (tertiary/aromatic N) is 1. The third-order valence-electron chi connectivity index (χ3n) is 6.00. The van der Waals surface area contributed by atoms with Gasteiger partial charge < -0.3 is 4.74 Å². The lowest BCUT2D eigenvalue weighted by molar-refractivity contribution is -0.228. The Morgan fingerprint density at radius 3 is 2.03 bits per heavy atom. The third-order valence-corrected chi connectivity index (χ3v) is 6.00. The van der Waals surface area contributed by atoms with Crippen LogP contribution in [0.2, 0.25) is 0 Å². The Bertz CT molecular complexity index is 1350. The number of hydrogen-bond donors (Lipinski definition) is 2. The van der Waals surface area contributed by atoms with Crippen molar-refractivity contribution in [3.8, 4) is 11.1 Å². The number of benzene rings is 3. The molecule has 12 heteroatoms. The van der Waals surface area contributed by atoms with E-state index in [4.69, 9.17) is 5.73 Å². The first-order valence-corrected chi connectivity index (χ1v) is 10.7. The molecule has 0 radical (unpaired) electrons. The Morgan fingerprint density at radius 1 is 0.865 bits per heavy atom. The summed E-state index contributed by atoms with van der Waals surface area (Å²) < 4.78 is 83.1. The van der Waals surface area contributed by atoms with E-state index in [1.165, 1.54) is 48.5 Å². The number of nitrogens with one attached hydrogen (secondary N) is 1. The number of rotatable bonds is 4. The van der Waals surface area contributed by atoms with Crippen LogP contribution in [-0.2, 0) is 26.0 Å². The highest BCUT2D eigenvalue weighted by molar-refractivity contribution is 5.95. The van der Waals surface area contributed by atoms with E-state index in [1.807, 2.05) is 0 Å². The predicted octanol–water partition coefficient (Wildman–Crippen LogP) is 4.35. The molecule has 37 heavy (non-hydrogen) atoms. The molecule has 1 amide bonds. The summed E-state index contributed by atoms with van der Waals surface area (Å²) in [6.07, 6.45) is -9.98. The van der Waals surface area contributed by atoms with Crippen LogP contribution < -0.4 is 11.1 Å². The summed E-state index contributed by atoms with van der Waals surface area (Å²) in [4.78, 5) is 25.9. The van der Waals surface area contributed by atoms with E-state index in [0.717, 1.165) is 19.2 Å². The SMILES string of the molecule is CN1C(=O)C(c2ccccc2)(c2cccc(-c3cccc(C(F)(F)F)c3)c2)NC1(N)OC(=O)C(F)(F)F. The zero-order valence-electron chi connectivity index (χ0n) is 19.0. The van der Waals surface area contributed by atoms with E-state index < -0.39 is 41.3 Å². The fraction of sp³-hybridized carbons (Fsp3) is 0.200. The standard InChI is InChI=1S/C25H19F6N3O3/c1-34-20(35)22(17-9-3-2-4-10-17,33-25(34,32)37-21(36)24(29,30)31)18-11-5-7-15(13-18)16-8-6-12-19(14-16)23(26,27)28/h2-14,33H,32H2,1H3. The number of esters is 1. The lowest BCUT2D eigenvalue weighted by Gasteiger charge is -2.32. The largest absolute Gasteiger partial charge is 0.491 e. The summed E-state index contributed by atoms with van der Waals surface area (Å²) in [7, 11) is 1.06. The topological polar surface area (TPSA) is 84.7 Å². The molecule has 0 bridgehead atoms. The molecule has 4 rings (SSSR count). The van der Waals surface area contributed by atoms with E-state index in [0.29, 0.717) is 4.90 Å². The minimum Gasteiger partial charge on any atom is -0.404 e. The van der Waals surface area contributed by atoms with Crippen molar-refractivity contribution in [1.29, 1.82) is 0 Å². The van der Waals surface area contributed by atoms with Gasteiger partial charge in [-0.1, -0.05) is 60.7 Å². The van der Waals surface area contributed by atoms with Crippen LogP contribution in [-0.4, -0.2) is 36.0 Å². The van der Waals surface area contributed by atoms with Crippen LogP contribution in [0.4, 0.5) is 26.3 Å². The first kappa shape index (κ1) is 26.2. The van der Waals surface area contributed by atoms with Crippen LogP contribution in [0.1, 0.15) is 16.7 Å². The van der Waals surface area contributed by atoms with E-state index in [2.05, 4.69) is 10.1 Å². The Hall–Kier alpha value is -3.90. The number of likely N-dealkylation sites (N-methyl/N-ethyl adjacent to an activating group) is 1. The smallest absolute Gasteiger partial charge is 0.404 e. The van der Waals surface area contributed by atoms with Crippen molar-refractivity contribution in [3.05, 3.63) is 95.6 Å². The summed E-state index contributed by atoms with van der Waals surface area (Å²) in [5.41, 5.74) is 4.00. The molecule has 1 aliphatic heterocycles. The van der Waals surface area contributed by atoms with Gasteiger partial charge in [-0.3, -0.25) is 15.4 Å². The second-order valence-corrected chi connectivity index (χ2v) is 8.35. The Morgan fingerprint density at radius 2 is 1.43 bits per heavy atom. The van der Waals surface area contributed by atoms with Gasteiger partial charge >= 0.3 is 24.3 Å². The van der Waals surface area contributed by atoms with Crippen molar-refractivity contribution in [2.75, 3.05) is 7.05 Å². The zero-order valence-corrected chi connectivity index (χ0v) is 19.0. The molecule has 0 aromatic heterocycles. The molecule has 1 aliphatic rings. The predicted molar refractivity (Wildman–Crippen MR) is 119 cm³/mol. The van der Waals surface area contributed by atoms with Crippen molar-refractivity contribution in [1.82, 2.24) is 10.2 Å². The number of halogens is 6. The number of amides is 1. The molecule has 1 heterocycles. The van der Waals surface area contributed by atoms with Gasteiger partial charge in [-0.2, -0.15) is 26.3 Å². The highest BCUT2D eigenvalue weighted by atomic mass is 19.4. The Labute approximate surface area is 206 Å². The summed E-state index contributed by atoms with van der Waals surface area (Å²) >= 11 is 0. The maximum absolute atomic E-state index is 13.7. The minimum absolute atomic E-state index is 0.140.